The Morgan fingerprint density at radius 2 is 2.06 bits per heavy atom. The lowest BCUT2D eigenvalue weighted by Crippen LogP contribution is -2.27. The molecule has 0 radical (unpaired) electrons. The second-order valence-electron chi connectivity index (χ2n) is 4.52. The predicted molar refractivity (Wildman–Crippen MR) is 75.6 cm³/mol. The van der Waals surface area contributed by atoms with Gasteiger partial charge in [-0.15, -0.1) is 0 Å². The van der Waals surface area contributed by atoms with E-state index < -0.39 is 0 Å². The maximum Gasteiger partial charge on any atom is 0.147 e. The molecule has 4 nitrogen and oxygen atoms in total. The number of aromatic nitrogens is 1. The van der Waals surface area contributed by atoms with Crippen molar-refractivity contribution in [3.05, 3.63) is 16.1 Å². The lowest BCUT2D eigenvalue weighted by molar-refractivity contribution is 0.222. The number of pyridine rings is 1. The average Bonchev–Trinajstić information content (AvgIpc) is 2.79. The maximum absolute atomic E-state index is 9.30. The van der Waals surface area contributed by atoms with Crippen molar-refractivity contribution in [1.82, 2.24) is 4.98 Å². The van der Waals surface area contributed by atoms with E-state index in [4.69, 9.17) is 23.2 Å². The van der Waals surface area contributed by atoms with E-state index in [9.17, 15) is 5.11 Å². The fourth-order valence-corrected chi connectivity index (χ4v) is 2.87. The largest absolute Gasteiger partial charge is 0.396 e. The topological polar surface area (TPSA) is 57.2 Å². The summed E-state index contributed by atoms with van der Waals surface area (Å²) in [6.07, 6.45) is 3.19. The molecule has 0 aromatic carbocycles. The normalized spacial score (nSPS) is 23.1. The number of nitrogens with zero attached hydrogens (tertiary/aromatic N) is 1. The van der Waals surface area contributed by atoms with E-state index in [0.29, 0.717) is 21.7 Å². The number of hydrogen-bond donors (Lipinski definition) is 3. The minimum absolute atomic E-state index is 0.196. The van der Waals surface area contributed by atoms with E-state index in [0.717, 1.165) is 19.3 Å². The van der Waals surface area contributed by atoms with Crippen molar-refractivity contribution < 1.29 is 5.11 Å². The number of aliphatic hydroxyl groups is 1. The van der Waals surface area contributed by atoms with Crippen LogP contribution in [0.3, 0.4) is 0 Å². The predicted octanol–water partition coefficient (Wildman–Crippen LogP) is 3.00. The molecule has 0 saturated heterocycles. The summed E-state index contributed by atoms with van der Waals surface area (Å²) in [6, 6.07) is 1.90. The van der Waals surface area contributed by atoms with Gasteiger partial charge in [0, 0.05) is 25.6 Å². The van der Waals surface area contributed by atoms with Crippen LogP contribution in [0, 0.1) is 5.92 Å². The van der Waals surface area contributed by atoms with E-state index in [-0.39, 0.29) is 18.6 Å². The summed E-state index contributed by atoms with van der Waals surface area (Å²) < 4.78 is 0. The average molecular weight is 290 g/mol. The van der Waals surface area contributed by atoms with Crippen LogP contribution >= 0.6 is 23.2 Å². The van der Waals surface area contributed by atoms with Gasteiger partial charge in [-0.2, -0.15) is 0 Å². The van der Waals surface area contributed by atoms with Crippen molar-refractivity contribution in [3.63, 3.8) is 0 Å². The zero-order valence-corrected chi connectivity index (χ0v) is 11.7. The van der Waals surface area contributed by atoms with Crippen molar-refractivity contribution in [1.29, 1.82) is 0 Å². The number of anilines is 2. The molecule has 1 fully saturated rings. The Kier molecular flexibility index (Phi) is 4.54. The van der Waals surface area contributed by atoms with Gasteiger partial charge in [-0.05, 0) is 18.9 Å². The zero-order chi connectivity index (χ0) is 13.1. The summed E-state index contributed by atoms with van der Waals surface area (Å²) >= 11 is 12.1. The van der Waals surface area contributed by atoms with Gasteiger partial charge in [-0.25, -0.2) is 4.98 Å². The lowest BCUT2D eigenvalue weighted by atomic mass is 10.1. The smallest absolute Gasteiger partial charge is 0.147 e. The van der Waals surface area contributed by atoms with Gasteiger partial charge >= 0.3 is 0 Å². The molecule has 1 aromatic heterocycles. The molecule has 1 aromatic rings. The number of halogens is 2. The molecular formula is C12H17Cl2N3O. The molecule has 6 heteroatoms. The van der Waals surface area contributed by atoms with Gasteiger partial charge in [0.25, 0.3) is 0 Å². The third-order valence-electron chi connectivity index (χ3n) is 3.38. The molecule has 2 rings (SSSR count). The molecule has 1 saturated carbocycles. The standard InChI is InChI=1S/C12H17Cl2N3O/c1-15-11-8(13)5-9(14)12(17-11)16-10-4-2-3-7(10)6-18/h5,7,10,18H,2-4,6H2,1H3,(H2,15,16,17). The second kappa shape index (κ2) is 5.95. The number of rotatable bonds is 4. The van der Waals surface area contributed by atoms with E-state index in [1.807, 2.05) is 0 Å². The molecule has 3 N–H and O–H groups in total. The molecule has 1 aliphatic carbocycles. The first kappa shape index (κ1) is 13.7. The van der Waals surface area contributed by atoms with E-state index in [1.54, 1.807) is 13.1 Å². The van der Waals surface area contributed by atoms with Crippen LogP contribution in [-0.4, -0.2) is 29.8 Å². The first-order valence-corrected chi connectivity index (χ1v) is 6.82. The maximum atomic E-state index is 9.30. The van der Waals surface area contributed by atoms with Gasteiger partial charge in [0.15, 0.2) is 0 Å². The highest BCUT2D eigenvalue weighted by atomic mass is 35.5. The SMILES string of the molecule is CNc1nc(NC2CCCC2CO)c(Cl)cc1Cl. The van der Waals surface area contributed by atoms with Crippen molar-refractivity contribution in [3.8, 4) is 0 Å². The summed E-state index contributed by atoms with van der Waals surface area (Å²) in [5.74, 6) is 1.49. The number of hydrogen-bond acceptors (Lipinski definition) is 4. The summed E-state index contributed by atoms with van der Waals surface area (Å²) in [5.41, 5.74) is 0. The van der Waals surface area contributed by atoms with Crippen LogP contribution in [0.2, 0.25) is 10.0 Å². The first-order valence-electron chi connectivity index (χ1n) is 6.07. The van der Waals surface area contributed by atoms with E-state index in [1.165, 1.54) is 0 Å². The van der Waals surface area contributed by atoms with Crippen molar-refractivity contribution >= 4 is 34.8 Å². The van der Waals surface area contributed by atoms with Gasteiger partial charge in [0.2, 0.25) is 0 Å². The molecule has 1 heterocycles. The molecule has 0 spiro atoms. The highest BCUT2D eigenvalue weighted by molar-refractivity contribution is 6.37. The van der Waals surface area contributed by atoms with Gasteiger partial charge in [0.05, 0.1) is 10.0 Å². The molecule has 0 aliphatic heterocycles. The fourth-order valence-electron chi connectivity index (χ4n) is 2.36. The molecule has 2 atom stereocenters. The van der Waals surface area contributed by atoms with Crippen molar-refractivity contribution in [2.24, 2.45) is 5.92 Å². The van der Waals surface area contributed by atoms with E-state index >= 15 is 0 Å². The Morgan fingerprint density at radius 3 is 2.72 bits per heavy atom. The lowest BCUT2D eigenvalue weighted by Gasteiger charge is -2.21. The van der Waals surface area contributed by atoms with Crippen LogP contribution in [0.15, 0.2) is 6.07 Å². The van der Waals surface area contributed by atoms with Gasteiger partial charge in [0.1, 0.15) is 11.6 Å². The van der Waals surface area contributed by atoms with Crippen LogP contribution in [0.5, 0.6) is 0 Å². The molecule has 2 unspecified atom stereocenters. The van der Waals surface area contributed by atoms with Crippen LogP contribution in [0.4, 0.5) is 11.6 Å². The third-order valence-corrected chi connectivity index (χ3v) is 3.96. The van der Waals surface area contributed by atoms with Crippen LogP contribution in [0.1, 0.15) is 19.3 Å². The highest BCUT2D eigenvalue weighted by Gasteiger charge is 2.27. The Morgan fingerprint density at radius 1 is 1.33 bits per heavy atom. The minimum Gasteiger partial charge on any atom is -0.396 e. The first-order chi connectivity index (χ1) is 8.65. The molecule has 1 aliphatic rings. The summed E-state index contributed by atoms with van der Waals surface area (Å²) in [4.78, 5) is 4.35. The minimum atomic E-state index is 0.196. The van der Waals surface area contributed by atoms with E-state index in [2.05, 4.69) is 15.6 Å². The number of nitrogens with one attached hydrogen (secondary N) is 2. The monoisotopic (exact) mass is 289 g/mol. The molecular weight excluding hydrogens is 273 g/mol. The molecule has 0 amide bonds. The Bertz CT molecular complexity index is 428. The number of aliphatic hydroxyl groups excluding tert-OH is 1. The Labute approximate surface area is 117 Å². The quantitative estimate of drug-likeness (QED) is 0.798. The summed E-state index contributed by atoms with van der Waals surface area (Å²) in [5, 5.41) is 16.5. The highest BCUT2D eigenvalue weighted by Crippen LogP contribution is 2.33. The third kappa shape index (κ3) is 2.82. The van der Waals surface area contributed by atoms with Gasteiger partial charge < -0.3 is 15.7 Å². The molecule has 0 bridgehead atoms. The molecule has 18 heavy (non-hydrogen) atoms. The Hall–Kier alpha value is -0.710. The van der Waals surface area contributed by atoms with Crippen molar-refractivity contribution in [2.45, 2.75) is 25.3 Å². The van der Waals surface area contributed by atoms with Gasteiger partial charge in [-0.1, -0.05) is 29.6 Å². The van der Waals surface area contributed by atoms with Crippen LogP contribution in [-0.2, 0) is 0 Å². The fraction of sp³-hybridized carbons (Fsp3) is 0.583. The Balaban J connectivity index is 2.18. The van der Waals surface area contributed by atoms with Crippen LogP contribution in [0.25, 0.3) is 0 Å². The molecule has 100 valence electrons. The zero-order valence-electron chi connectivity index (χ0n) is 10.2. The van der Waals surface area contributed by atoms with Crippen LogP contribution < -0.4 is 10.6 Å². The second-order valence-corrected chi connectivity index (χ2v) is 5.34. The summed E-state index contributed by atoms with van der Waals surface area (Å²) in [7, 11) is 1.76. The van der Waals surface area contributed by atoms with Crippen molar-refractivity contribution in [2.75, 3.05) is 24.3 Å². The van der Waals surface area contributed by atoms with Gasteiger partial charge in [-0.3, -0.25) is 0 Å². The summed E-state index contributed by atoms with van der Waals surface area (Å²) in [6.45, 7) is 0.196.